The lowest BCUT2D eigenvalue weighted by Gasteiger charge is -2.13. The fourth-order valence-electron chi connectivity index (χ4n) is 3.41. The van der Waals surface area contributed by atoms with Crippen LogP contribution in [0.5, 0.6) is 0 Å². The molecule has 0 saturated carbocycles. The van der Waals surface area contributed by atoms with Gasteiger partial charge in [0.2, 0.25) is 0 Å². The Labute approximate surface area is 157 Å². The second-order valence-electron chi connectivity index (χ2n) is 6.90. The lowest BCUT2D eigenvalue weighted by molar-refractivity contribution is -0.123. The van der Waals surface area contributed by atoms with E-state index in [1.165, 1.54) is 11.1 Å². The summed E-state index contributed by atoms with van der Waals surface area (Å²) in [6, 6.07) is 11.6. The summed E-state index contributed by atoms with van der Waals surface area (Å²) in [6.07, 6.45) is 3.99. The number of hydrogen-bond acceptors (Lipinski definition) is 4. The Kier molecular flexibility index (Phi) is 4.39. The predicted octanol–water partition coefficient (Wildman–Crippen LogP) is 3.32. The Hall–Kier alpha value is -3.15. The SMILES string of the molecule is Cc1cccc2nc(C(=O)O[C@@H](C)C(=O)Nc3ccc4c(c3)CCC4)cn12. The van der Waals surface area contributed by atoms with Crippen LogP contribution in [0, 0.1) is 6.92 Å². The lowest BCUT2D eigenvalue weighted by Crippen LogP contribution is -2.30. The van der Waals surface area contributed by atoms with Crippen LogP contribution in [-0.4, -0.2) is 27.4 Å². The number of nitrogens with one attached hydrogen (secondary N) is 1. The Morgan fingerprint density at radius 2 is 2.00 bits per heavy atom. The van der Waals surface area contributed by atoms with Crippen LogP contribution in [-0.2, 0) is 22.4 Å². The number of amides is 1. The fourth-order valence-corrected chi connectivity index (χ4v) is 3.41. The fraction of sp³-hybridized carbons (Fsp3) is 0.286. The van der Waals surface area contributed by atoms with Gasteiger partial charge in [-0.3, -0.25) is 4.79 Å². The zero-order valence-corrected chi connectivity index (χ0v) is 15.4. The van der Waals surface area contributed by atoms with E-state index >= 15 is 0 Å². The van der Waals surface area contributed by atoms with E-state index in [-0.39, 0.29) is 11.6 Å². The molecule has 0 fully saturated rings. The molecule has 0 unspecified atom stereocenters. The zero-order valence-electron chi connectivity index (χ0n) is 15.4. The number of nitrogens with zero attached hydrogens (tertiary/aromatic N) is 2. The monoisotopic (exact) mass is 363 g/mol. The van der Waals surface area contributed by atoms with Gasteiger partial charge in [0.15, 0.2) is 11.8 Å². The van der Waals surface area contributed by atoms with Crippen LogP contribution in [0.1, 0.15) is 40.7 Å². The highest BCUT2D eigenvalue weighted by atomic mass is 16.5. The van der Waals surface area contributed by atoms with Crippen LogP contribution in [0.2, 0.25) is 0 Å². The first-order valence-corrected chi connectivity index (χ1v) is 9.09. The first kappa shape index (κ1) is 17.3. The van der Waals surface area contributed by atoms with Crippen molar-refractivity contribution in [2.24, 2.45) is 0 Å². The summed E-state index contributed by atoms with van der Waals surface area (Å²) in [4.78, 5) is 29.0. The molecule has 3 aromatic rings. The van der Waals surface area contributed by atoms with Crippen molar-refractivity contribution in [3.8, 4) is 0 Å². The average Bonchev–Trinajstić information content (AvgIpc) is 3.28. The number of anilines is 1. The van der Waals surface area contributed by atoms with Crippen LogP contribution in [0.4, 0.5) is 5.69 Å². The third-order valence-electron chi connectivity index (χ3n) is 4.92. The lowest BCUT2D eigenvalue weighted by atomic mass is 10.1. The van der Waals surface area contributed by atoms with Gasteiger partial charge in [-0.25, -0.2) is 9.78 Å². The van der Waals surface area contributed by atoms with Gasteiger partial charge in [0.05, 0.1) is 0 Å². The Bertz CT molecular complexity index is 1040. The maximum absolute atomic E-state index is 12.4. The molecule has 1 amide bonds. The molecular formula is C21H21N3O3. The van der Waals surface area contributed by atoms with Crippen LogP contribution in [0.15, 0.2) is 42.6 Å². The second kappa shape index (κ2) is 6.87. The van der Waals surface area contributed by atoms with E-state index < -0.39 is 12.1 Å². The minimum atomic E-state index is -0.920. The van der Waals surface area contributed by atoms with Gasteiger partial charge in [0, 0.05) is 17.6 Å². The first-order valence-electron chi connectivity index (χ1n) is 9.09. The molecule has 4 rings (SSSR count). The molecule has 2 aromatic heterocycles. The number of fused-ring (bicyclic) bond motifs is 2. The number of esters is 1. The van der Waals surface area contributed by atoms with Crippen molar-refractivity contribution < 1.29 is 14.3 Å². The molecular weight excluding hydrogens is 342 g/mol. The quantitative estimate of drug-likeness (QED) is 0.722. The van der Waals surface area contributed by atoms with Gasteiger partial charge in [0.25, 0.3) is 5.91 Å². The van der Waals surface area contributed by atoms with E-state index in [0.29, 0.717) is 5.65 Å². The van der Waals surface area contributed by atoms with Crippen LogP contribution in [0.25, 0.3) is 5.65 Å². The van der Waals surface area contributed by atoms with Gasteiger partial charge in [-0.1, -0.05) is 12.1 Å². The molecule has 1 aliphatic rings. The standard InChI is InChI=1S/C21H21N3O3/c1-13-5-3-8-19-23-18(12-24(13)19)21(26)27-14(2)20(25)22-17-10-9-15-6-4-7-16(15)11-17/h3,5,8-12,14H,4,6-7H2,1-2H3,(H,22,25)/t14-/m0/s1. The maximum atomic E-state index is 12.4. The van der Waals surface area contributed by atoms with Gasteiger partial charge in [-0.2, -0.15) is 0 Å². The summed E-state index contributed by atoms with van der Waals surface area (Å²) in [5.74, 6) is -0.976. The second-order valence-corrected chi connectivity index (χ2v) is 6.90. The van der Waals surface area contributed by atoms with Gasteiger partial charge < -0.3 is 14.5 Å². The van der Waals surface area contributed by atoms with Crippen LogP contribution >= 0.6 is 0 Å². The number of aromatic nitrogens is 2. The number of aryl methyl sites for hydroxylation is 3. The third-order valence-corrected chi connectivity index (χ3v) is 4.92. The van der Waals surface area contributed by atoms with E-state index in [9.17, 15) is 9.59 Å². The van der Waals surface area contributed by atoms with Crippen LogP contribution < -0.4 is 5.32 Å². The van der Waals surface area contributed by atoms with Gasteiger partial charge in [0.1, 0.15) is 5.65 Å². The first-order chi connectivity index (χ1) is 13.0. The van der Waals surface area contributed by atoms with E-state index in [2.05, 4.69) is 10.3 Å². The minimum Gasteiger partial charge on any atom is -0.448 e. The van der Waals surface area contributed by atoms with E-state index in [0.717, 1.165) is 30.6 Å². The number of rotatable bonds is 4. The molecule has 1 atom stereocenters. The van der Waals surface area contributed by atoms with Crippen LogP contribution in [0.3, 0.4) is 0 Å². The Morgan fingerprint density at radius 3 is 2.81 bits per heavy atom. The number of benzene rings is 1. The average molecular weight is 363 g/mol. The molecule has 0 bridgehead atoms. The van der Waals surface area contributed by atoms with Crippen molar-refractivity contribution in [3.05, 3.63) is 65.1 Å². The van der Waals surface area contributed by atoms with Gasteiger partial charge >= 0.3 is 5.97 Å². The van der Waals surface area contributed by atoms with Crippen molar-refractivity contribution in [1.82, 2.24) is 9.38 Å². The van der Waals surface area contributed by atoms with E-state index in [1.54, 1.807) is 13.1 Å². The Morgan fingerprint density at radius 1 is 1.19 bits per heavy atom. The van der Waals surface area contributed by atoms with Crippen molar-refractivity contribution in [3.63, 3.8) is 0 Å². The Balaban J connectivity index is 1.42. The van der Waals surface area contributed by atoms with E-state index in [4.69, 9.17) is 4.74 Å². The zero-order chi connectivity index (χ0) is 19.0. The minimum absolute atomic E-state index is 0.182. The summed E-state index contributed by atoms with van der Waals surface area (Å²) < 4.78 is 7.12. The van der Waals surface area contributed by atoms with Gasteiger partial charge in [-0.05, 0) is 68.5 Å². The molecule has 6 nitrogen and oxygen atoms in total. The molecule has 27 heavy (non-hydrogen) atoms. The number of carbonyl (C=O) groups excluding carboxylic acids is 2. The van der Waals surface area contributed by atoms with Crippen molar-refractivity contribution >= 4 is 23.2 Å². The summed E-state index contributed by atoms with van der Waals surface area (Å²) in [5.41, 5.74) is 5.15. The summed E-state index contributed by atoms with van der Waals surface area (Å²) in [6.45, 7) is 3.48. The molecule has 0 aliphatic heterocycles. The topological polar surface area (TPSA) is 72.7 Å². The highest BCUT2D eigenvalue weighted by Crippen LogP contribution is 2.25. The molecule has 1 aliphatic carbocycles. The molecule has 0 saturated heterocycles. The molecule has 1 N–H and O–H groups in total. The largest absolute Gasteiger partial charge is 0.448 e. The number of imidazole rings is 1. The summed E-state index contributed by atoms with van der Waals surface area (Å²) in [7, 11) is 0. The number of pyridine rings is 1. The summed E-state index contributed by atoms with van der Waals surface area (Å²) in [5, 5.41) is 2.82. The molecule has 6 heteroatoms. The summed E-state index contributed by atoms with van der Waals surface area (Å²) >= 11 is 0. The third kappa shape index (κ3) is 3.43. The normalized spacial score (nSPS) is 14.0. The maximum Gasteiger partial charge on any atom is 0.359 e. The van der Waals surface area contributed by atoms with Gasteiger partial charge in [-0.15, -0.1) is 0 Å². The van der Waals surface area contributed by atoms with Crippen molar-refractivity contribution in [2.75, 3.05) is 5.32 Å². The van der Waals surface area contributed by atoms with E-state index in [1.807, 2.05) is 47.7 Å². The predicted molar refractivity (Wildman–Crippen MR) is 102 cm³/mol. The van der Waals surface area contributed by atoms with Crippen molar-refractivity contribution in [1.29, 1.82) is 0 Å². The molecule has 1 aromatic carbocycles. The highest BCUT2D eigenvalue weighted by molar-refractivity contribution is 5.97. The molecule has 2 heterocycles. The molecule has 0 spiro atoms. The van der Waals surface area contributed by atoms with Crippen molar-refractivity contribution in [2.45, 2.75) is 39.2 Å². The molecule has 0 radical (unpaired) electrons. The number of ether oxygens (including phenoxy) is 1. The number of carbonyl (C=O) groups is 2. The molecule has 138 valence electrons. The highest BCUT2D eigenvalue weighted by Gasteiger charge is 2.22. The number of hydrogen-bond donors (Lipinski definition) is 1. The smallest absolute Gasteiger partial charge is 0.359 e.